The Morgan fingerprint density at radius 1 is 1.27 bits per heavy atom. The van der Waals surface area contributed by atoms with E-state index in [0.717, 1.165) is 28.1 Å². The molecular formula is C18H13ClN2O3S2. The summed E-state index contributed by atoms with van der Waals surface area (Å²) in [6.45, 7) is 0. The maximum atomic E-state index is 12.6. The van der Waals surface area contributed by atoms with Crippen LogP contribution in [-0.2, 0) is 4.79 Å². The lowest BCUT2D eigenvalue weighted by atomic mass is 10.2. The van der Waals surface area contributed by atoms with Gasteiger partial charge in [-0.25, -0.2) is 0 Å². The summed E-state index contributed by atoms with van der Waals surface area (Å²) in [5.41, 5.74) is 3.68. The average molecular weight is 405 g/mol. The molecule has 5 nitrogen and oxygen atoms in total. The Bertz CT molecular complexity index is 913. The van der Waals surface area contributed by atoms with E-state index in [9.17, 15) is 9.59 Å². The molecule has 0 aromatic heterocycles. The van der Waals surface area contributed by atoms with E-state index in [0.29, 0.717) is 15.5 Å². The van der Waals surface area contributed by atoms with Crippen LogP contribution in [-0.4, -0.2) is 28.3 Å². The third kappa shape index (κ3) is 4.07. The SMILES string of the molecule is COc1ccc(/C=C2\SC(=S)N(NC(=O)c3cccc(Cl)c3)C2=O)cc1. The average Bonchev–Trinajstić information content (AvgIpc) is 2.89. The highest BCUT2D eigenvalue weighted by molar-refractivity contribution is 8.26. The van der Waals surface area contributed by atoms with E-state index in [2.05, 4.69) is 5.43 Å². The number of ether oxygens (including phenoxy) is 1. The van der Waals surface area contributed by atoms with Crippen LogP contribution in [0.25, 0.3) is 6.08 Å². The zero-order valence-corrected chi connectivity index (χ0v) is 16.0. The summed E-state index contributed by atoms with van der Waals surface area (Å²) in [6, 6.07) is 13.7. The fourth-order valence-electron chi connectivity index (χ4n) is 2.21. The molecule has 2 aromatic carbocycles. The summed E-state index contributed by atoms with van der Waals surface area (Å²) in [5.74, 6) is -0.121. The highest BCUT2D eigenvalue weighted by atomic mass is 35.5. The van der Waals surface area contributed by atoms with Crippen molar-refractivity contribution in [1.82, 2.24) is 10.4 Å². The number of carbonyl (C=O) groups excluding carboxylic acids is 2. The summed E-state index contributed by atoms with van der Waals surface area (Å²) in [6.07, 6.45) is 1.71. The van der Waals surface area contributed by atoms with E-state index in [1.54, 1.807) is 43.5 Å². The molecule has 0 saturated carbocycles. The number of rotatable bonds is 4. The minimum Gasteiger partial charge on any atom is -0.497 e. The van der Waals surface area contributed by atoms with Crippen molar-refractivity contribution < 1.29 is 14.3 Å². The number of nitrogens with one attached hydrogen (secondary N) is 1. The van der Waals surface area contributed by atoms with Crippen molar-refractivity contribution in [3.63, 3.8) is 0 Å². The van der Waals surface area contributed by atoms with Crippen molar-refractivity contribution in [2.24, 2.45) is 0 Å². The molecule has 0 radical (unpaired) electrons. The number of halogens is 1. The zero-order valence-electron chi connectivity index (χ0n) is 13.6. The summed E-state index contributed by atoms with van der Waals surface area (Å²) in [5, 5.41) is 1.50. The van der Waals surface area contributed by atoms with Crippen LogP contribution in [0.4, 0.5) is 0 Å². The predicted octanol–water partition coefficient (Wildman–Crippen LogP) is 3.89. The quantitative estimate of drug-likeness (QED) is 0.618. The number of hydrogen-bond donors (Lipinski definition) is 1. The van der Waals surface area contributed by atoms with Crippen LogP contribution in [0.5, 0.6) is 5.75 Å². The van der Waals surface area contributed by atoms with Gasteiger partial charge in [0.1, 0.15) is 5.75 Å². The van der Waals surface area contributed by atoms with Crippen molar-refractivity contribution in [3.05, 3.63) is 69.6 Å². The molecule has 0 aliphatic carbocycles. The van der Waals surface area contributed by atoms with Crippen molar-refractivity contribution in [1.29, 1.82) is 0 Å². The van der Waals surface area contributed by atoms with Gasteiger partial charge in [0.15, 0.2) is 4.32 Å². The Labute approximate surface area is 164 Å². The molecule has 8 heteroatoms. The minimum absolute atomic E-state index is 0.255. The molecule has 0 spiro atoms. The topological polar surface area (TPSA) is 58.6 Å². The summed E-state index contributed by atoms with van der Waals surface area (Å²) >= 11 is 12.2. The molecule has 1 aliphatic heterocycles. The fourth-order valence-corrected chi connectivity index (χ4v) is 3.58. The van der Waals surface area contributed by atoms with Gasteiger partial charge in [-0.15, -0.1) is 0 Å². The van der Waals surface area contributed by atoms with Crippen LogP contribution in [0.3, 0.4) is 0 Å². The van der Waals surface area contributed by atoms with E-state index in [1.165, 1.54) is 6.07 Å². The standard InChI is InChI=1S/C18H13ClN2O3S2/c1-24-14-7-5-11(6-8-14)9-15-17(23)21(18(25)26-15)20-16(22)12-3-2-4-13(19)10-12/h2-10H,1H3,(H,20,22)/b15-9-. The zero-order chi connectivity index (χ0) is 18.7. The van der Waals surface area contributed by atoms with Crippen LogP contribution in [0.2, 0.25) is 5.02 Å². The third-order valence-corrected chi connectivity index (χ3v) is 5.04. The fraction of sp³-hybridized carbons (Fsp3) is 0.0556. The second kappa shape index (κ2) is 7.90. The number of carbonyl (C=O) groups is 2. The van der Waals surface area contributed by atoms with E-state index in [1.807, 2.05) is 12.1 Å². The van der Waals surface area contributed by atoms with Crippen molar-refractivity contribution >= 4 is 57.8 Å². The van der Waals surface area contributed by atoms with E-state index >= 15 is 0 Å². The molecule has 1 fully saturated rings. The van der Waals surface area contributed by atoms with E-state index < -0.39 is 5.91 Å². The molecule has 0 unspecified atom stereocenters. The molecule has 1 N–H and O–H groups in total. The van der Waals surface area contributed by atoms with Crippen molar-refractivity contribution in [3.8, 4) is 5.75 Å². The first kappa shape index (κ1) is 18.4. The first-order chi connectivity index (χ1) is 12.5. The maximum absolute atomic E-state index is 12.6. The number of hydrogen-bond acceptors (Lipinski definition) is 5. The van der Waals surface area contributed by atoms with Crippen molar-refractivity contribution in [2.45, 2.75) is 0 Å². The molecule has 1 saturated heterocycles. The molecule has 1 aliphatic rings. The second-order valence-electron chi connectivity index (χ2n) is 5.24. The predicted molar refractivity (Wildman–Crippen MR) is 107 cm³/mol. The molecule has 2 amide bonds. The monoisotopic (exact) mass is 404 g/mol. The number of nitrogens with zero attached hydrogens (tertiary/aromatic N) is 1. The number of thiocarbonyl (C=S) groups is 1. The molecule has 26 heavy (non-hydrogen) atoms. The van der Waals surface area contributed by atoms with Gasteiger partial charge in [0.05, 0.1) is 12.0 Å². The molecule has 1 heterocycles. The van der Waals surface area contributed by atoms with Crippen LogP contribution >= 0.6 is 35.6 Å². The summed E-state index contributed by atoms with van der Waals surface area (Å²) < 4.78 is 5.36. The lowest BCUT2D eigenvalue weighted by molar-refractivity contribution is -0.123. The van der Waals surface area contributed by atoms with Crippen LogP contribution in [0.15, 0.2) is 53.4 Å². The lowest BCUT2D eigenvalue weighted by Crippen LogP contribution is -2.44. The Hall–Kier alpha value is -2.35. The molecule has 132 valence electrons. The van der Waals surface area contributed by atoms with Crippen LogP contribution < -0.4 is 10.2 Å². The maximum Gasteiger partial charge on any atom is 0.285 e. The largest absolute Gasteiger partial charge is 0.497 e. The number of benzene rings is 2. The molecule has 0 atom stereocenters. The number of methoxy groups -OCH3 is 1. The summed E-state index contributed by atoms with van der Waals surface area (Å²) in [7, 11) is 1.59. The van der Waals surface area contributed by atoms with Gasteiger partial charge in [0, 0.05) is 10.6 Å². The first-order valence-corrected chi connectivity index (χ1v) is 9.07. The minimum atomic E-state index is -0.463. The van der Waals surface area contributed by atoms with Crippen LogP contribution in [0, 0.1) is 0 Å². The first-order valence-electron chi connectivity index (χ1n) is 7.46. The normalized spacial score (nSPS) is 15.5. The Morgan fingerprint density at radius 2 is 2.00 bits per heavy atom. The van der Waals surface area contributed by atoms with Gasteiger partial charge < -0.3 is 4.74 Å². The molecule has 2 aromatic rings. The molecule has 0 bridgehead atoms. The summed E-state index contributed by atoms with van der Waals surface area (Å²) in [4.78, 5) is 25.3. The van der Waals surface area contributed by atoms with E-state index in [4.69, 9.17) is 28.6 Å². The van der Waals surface area contributed by atoms with Gasteiger partial charge in [-0.2, -0.15) is 5.01 Å². The number of thioether (sulfide) groups is 1. The van der Waals surface area contributed by atoms with Crippen LogP contribution in [0.1, 0.15) is 15.9 Å². The number of hydrazine groups is 1. The third-order valence-electron chi connectivity index (χ3n) is 3.51. The van der Waals surface area contributed by atoms with Gasteiger partial charge in [-0.3, -0.25) is 15.0 Å². The molecular weight excluding hydrogens is 392 g/mol. The van der Waals surface area contributed by atoms with Gasteiger partial charge in [0.2, 0.25) is 0 Å². The van der Waals surface area contributed by atoms with Gasteiger partial charge in [-0.05, 0) is 54.2 Å². The highest BCUT2D eigenvalue weighted by Crippen LogP contribution is 2.31. The number of amides is 2. The van der Waals surface area contributed by atoms with Crippen molar-refractivity contribution in [2.75, 3.05) is 7.11 Å². The Balaban J connectivity index is 1.76. The Morgan fingerprint density at radius 3 is 2.65 bits per heavy atom. The highest BCUT2D eigenvalue weighted by Gasteiger charge is 2.33. The van der Waals surface area contributed by atoms with Gasteiger partial charge >= 0.3 is 0 Å². The second-order valence-corrected chi connectivity index (χ2v) is 7.35. The lowest BCUT2D eigenvalue weighted by Gasteiger charge is -2.15. The molecule has 3 rings (SSSR count). The van der Waals surface area contributed by atoms with Gasteiger partial charge in [0.25, 0.3) is 11.8 Å². The van der Waals surface area contributed by atoms with E-state index in [-0.39, 0.29) is 10.2 Å². The Kier molecular flexibility index (Phi) is 5.61. The van der Waals surface area contributed by atoms with Gasteiger partial charge in [-0.1, -0.05) is 41.6 Å². The smallest absolute Gasteiger partial charge is 0.285 e.